The molecule has 2 amide bonds. The minimum atomic E-state index is -0.794. The van der Waals surface area contributed by atoms with Crippen LogP contribution in [0.3, 0.4) is 0 Å². The first-order valence-corrected chi connectivity index (χ1v) is 15.5. The van der Waals surface area contributed by atoms with Crippen molar-refractivity contribution in [2.45, 2.75) is 13.8 Å². The molecule has 8 rings (SSSR count). The molecule has 0 aliphatic heterocycles. The summed E-state index contributed by atoms with van der Waals surface area (Å²) in [6.07, 6.45) is 1.36. The number of halogens is 2. The van der Waals surface area contributed by atoms with E-state index in [1.165, 1.54) is 36.6 Å². The number of anilines is 2. The fourth-order valence-electron chi connectivity index (χ4n) is 6.52. The van der Waals surface area contributed by atoms with E-state index in [1.54, 1.807) is 44.2 Å². The number of phenols is 2. The van der Waals surface area contributed by atoms with Crippen molar-refractivity contribution in [3.8, 4) is 34.3 Å². The number of hydrogen-bond donors (Lipinski definition) is 6. The van der Waals surface area contributed by atoms with E-state index in [1.807, 2.05) is 0 Å². The average molecular weight is 712 g/mol. The number of hydrogen-bond acceptors (Lipinski definition) is 10. The van der Waals surface area contributed by atoms with Crippen LogP contribution in [0, 0.1) is 13.8 Å². The molecule has 0 fully saturated rings. The van der Waals surface area contributed by atoms with Gasteiger partial charge in [-0.25, -0.2) is 9.97 Å². The van der Waals surface area contributed by atoms with Crippen LogP contribution in [0.2, 0.25) is 10.0 Å². The molecule has 10 N–H and O–H groups in total. The zero-order chi connectivity index (χ0) is 35.5. The molecule has 0 aliphatic rings. The highest BCUT2D eigenvalue weighted by atomic mass is 35.5. The van der Waals surface area contributed by atoms with Crippen LogP contribution in [0.15, 0.2) is 48.8 Å². The molecule has 6 heterocycles. The van der Waals surface area contributed by atoms with E-state index < -0.39 is 11.8 Å². The molecule has 0 unspecified atom stereocenters. The number of carbonyl (C=O) groups excluding carboxylic acids is 2. The Kier molecular flexibility index (Phi) is 6.46. The van der Waals surface area contributed by atoms with Crippen molar-refractivity contribution in [1.82, 2.24) is 38.3 Å². The number of rotatable bonds is 5. The molecule has 16 nitrogen and oxygen atoms in total. The van der Waals surface area contributed by atoms with Gasteiger partial charge in [0.1, 0.15) is 39.5 Å². The fraction of sp³-hybridized carbons (Fsp3) is 0.0625. The number of nitrogens with zero attached hydrogens (tertiary/aromatic N) is 8. The van der Waals surface area contributed by atoms with Gasteiger partial charge in [-0.2, -0.15) is 14.1 Å². The van der Waals surface area contributed by atoms with E-state index >= 15 is 0 Å². The third-order valence-corrected chi connectivity index (χ3v) is 9.42. The summed E-state index contributed by atoms with van der Waals surface area (Å²) < 4.78 is 5.87. The minimum absolute atomic E-state index is 0.0164. The van der Waals surface area contributed by atoms with Crippen LogP contribution in [0.5, 0.6) is 11.5 Å². The molecule has 50 heavy (non-hydrogen) atoms. The fourth-order valence-corrected chi connectivity index (χ4v) is 6.92. The number of aromatic hydroxyl groups is 2. The highest BCUT2D eigenvalue weighted by molar-refractivity contribution is 6.34. The van der Waals surface area contributed by atoms with Crippen molar-refractivity contribution in [3.05, 3.63) is 81.1 Å². The van der Waals surface area contributed by atoms with Gasteiger partial charge >= 0.3 is 0 Å². The summed E-state index contributed by atoms with van der Waals surface area (Å²) >= 11 is 13.2. The number of carbonyl (C=O) groups is 2. The first-order valence-electron chi connectivity index (χ1n) is 14.7. The van der Waals surface area contributed by atoms with Gasteiger partial charge in [0, 0.05) is 16.3 Å². The van der Waals surface area contributed by atoms with Crippen LogP contribution >= 0.6 is 23.2 Å². The number of benzene rings is 2. The summed E-state index contributed by atoms with van der Waals surface area (Å²) in [6.45, 7) is 3.57. The van der Waals surface area contributed by atoms with Gasteiger partial charge in [0.05, 0.1) is 22.5 Å². The second kappa shape index (κ2) is 10.5. The van der Waals surface area contributed by atoms with Crippen molar-refractivity contribution < 1.29 is 19.8 Å². The number of aromatic nitrogens is 8. The van der Waals surface area contributed by atoms with E-state index in [0.717, 1.165) is 0 Å². The number of pyridine rings is 2. The summed E-state index contributed by atoms with van der Waals surface area (Å²) in [4.78, 5) is 34.5. The maximum absolute atomic E-state index is 12.7. The molecule has 0 bridgehead atoms. The van der Waals surface area contributed by atoms with Gasteiger partial charge < -0.3 is 33.1 Å². The van der Waals surface area contributed by atoms with E-state index in [0.29, 0.717) is 44.4 Å². The van der Waals surface area contributed by atoms with Crippen molar-refractivity contribution in [1.29, 1.82) is 0 Å². The lowest BCUT2D eigenvalue weighted by molar-refractivity contribution is 0.0994. The predicted molar refractivity (Wildman–Crippen MR) is 187 cm³/mol. The van der Waals surface area contributed by atoms with Gasteiger partial charge in [0.2, 0.25) is 0 Å². The number of nitrogen functional groups attached to an aromatic ring is 2. The topological polar surface area (TPSA) is 249 Å². The minimum Gasteiger partial charge on any atom is -0.506 e. The Labute approximate surface area is 289 Å². The Balaban J connectivity index is 1.44. The Hall–Kier alpha value is -6.52. The molecule has 0 radical (unpaired) electrons. The monoisotopic (exact) mass is 710 g/mol. The summed E-state index contributed by atoms with van der Waals surface area (Å²) in [6, 6.07) is 11.0. The van der Waals surface area contributed by atoms with Crippen LogP contribution in [-0.4, -0.2) is 60.4 Å². The Morgan fingerprint density at radius 1 is 0.760 bits per heavy atom. The second-order valence-corrected chi connectivity index (χ2v) is 12.4. The average Bonchev–Trinajstić information content (AvgIpc) is 3.83. The van der Waals surface area contributed by atoms with Crippen molar-refractivity contribution in [2.24, 2.45) is 11.5 Å². The van der Waals surface area contributed by atoms with Crippen LogP contribution in [0.1, 0.15) is 31.8 Å². The SMILES string of the molecule is Cc1cc2c(C(N)=O)c(N)n(-c3cc(-c4nc5c(C)cc6c(C(N)=O)c(N)n(-c7cccc(O)c7Cl)c6n5n4)cc(O)c3Cl)c2n2ncnc12. The molecular weight excluding hydrogens is 687 g/mol. The summed E-state index contributed by atoms with van der Waals surface area (Å²) in [5.74, 6) is -2.11. The van der Waals surface area contributed by atoms with E-state index in [-0.39, 0.29) is 67.2 Å². The highest BCUT2D eigenvalue weighted by Crippen LogP contribution is 2.42. The number of amides is 2. The lowest BCUT2D eigenvalue weighted by atomic mass is 10.1. The van der Waals surface area contributed by atoms with Gasteiger partial charge in [0.15, 0.2) is 28.4 Å². The summed E-state index contributed by atoms with van der Waals surface area (Å²) in [7, 11) is 0. The first kappa shape index (κ1) is 30.8. The molecular formula is C32H24Cl2N12O4. The smallest absolute Gasteiger partial charge is 0.253 e. The third kappa shape index (κ3) is 4.05. The maximum Gasteiger partial charge on any atom is 0.253 e. The van der Waals surface area contributed by atoms with Crippen LogP contribution in [0.25, 0.3) is 56.1 Å². The number of primary amides is 2. The molecule has 0 saturated heterocycles. The number of phenolic OH excluding ortho intramolecular Hbond substituents is 2. The Morgan fingerprint density at radius 2 is 1.34 bits per heavy atom. The van der Waals surface area contributed by atoms with Crippen molar-refractivity contribution in [2.75, 3.05) is 11.5 Å². The van der Waals surface area contributed by atoms with Crippen molar-refractivity contribution >= 4 is 80.0 Å². The zero-order valence-electron chi connectivity index (χ0n) is 26.0. The van der Waals surface area contributed by atoms with E-state index in [4.69, 9.17) is 56.2 Å². The summed E-state index contributed by atoms with van der Waals surface area (Å²) in [5, 5.41) is 31.3. The van der Waals surface area contributed by atoms with Gasteiger partial charge in [-0.05, 0) is 61.4 Å². The quantitative estimate of drug-likeness (QED) is 0.150. The number of aryl methyl sites for hydroxylation is 2. The van der Waals surface area contributed by atoms with Gasteiger partial charge in [-0.15, -0.1) is 5.10 Å². The lowest BCUT2D eigenvalue weighted by Gasteiger charge is -2.13. The van der Waals surface area contributed by atoms with Crippen LogP contribution in [-0.2, 0) is 0 Å². The third-order valence-electron chi connectivity index (χ3n) is 8.65. The molecule has 0 atom stereocenters. The first-order chi connectivity index (χ1) is 23.8. The number of nitrogens with two attached hydrogens (primary N) is 4. The van der Waals surface area contributed by atoms with Gasteiger partial charge in [0.25, 0.3) is 11.8 Å². The predicted octanol–water partition coefficient (Wildman–Crippen LogP) is 4.02. The largest absolute Gasteiger partial charge is 0.506 e. The maximum atomic E-state index is 12.7. The molecule has 0 saturated carbocycles. The molecule has 250 valence electrons. The number of fused-ring (bicyclic) bond motifs is 6. The molecule has 2 aromatic carbocycles. The van der Waals surface area contributed by atoms with Crippen molar-refractivity contribution in [3.63, 3.8) is 0 Å². The van der Waals surface area contributed by atoms with E-state index in [9.17, 15) is 19.8 Å². The van der Waals surface area contributed by atoms with E-state index in [2.05, 4.69) is 10.1 Å². The molecule has 18 heteroatoms. The molecule has 0 spiro atoms. The second-order valence-electron chi connectivity index (χ2n) is 11.7. The summed E-state index contributed by atoms with van der Waals surface area (Å²) in [5.41, 5.74) is 28.2. The van der Waals surface area contributed by atoms with Gasteiger partial charge in [-0.1, -0.05) is 29.3 Å². The Morgan fingerprint density at radius 3 is 1.98 bits per heavy atom. The van der Waals surface area contributed by atoms with Crippen LogP contribution in [0.4, 0.5) is 11.6 Å². The van der Waals surface area contributed by atoms with Gasteiger partial charge in [-0.3, -0.25) is 18.7 Å². The Bertz CT molecular complexity index is 2830. The van der Waals surface area contributed by atoms with Crippen LogP contribution < -0.4 is 22.9 Å². The molecule has 8 aromatic rings. The molecule has 6 aromatic heterocycles. The molecule has 0 aliphatic carbocycles. The standard InChI is InChI=1S/C32H24Cl2N12O4/c1-11-6-14-20(26(37)49)25(36)44(31(14)45-29(11)39-10-40-45)17-8-13(9-19(48)23(17)34)28-41-30-12(2)7-15-21(27(38)50)24(35)43(32(15)46(30)42-28)16-4-3-5-18(47)22(16)33/h3-10,47-48H,35-36H2,1-2H3,(H2,37,49)(H2,38,50). The normalized spacial score (nSPS) is 11.8. The lowest BCUT2D eigenvalue weighted by Crippen LogP contribution is -2.13. The highest BCUT2D eigenvalue weighted by Gasteiger charge is 2.29. The zero-order valence-corrected chi connectivity index (χ0v) is 27.5.